The molecular formula is C19H22N6O. The molecule has 0 radical (unpaired) electrons. The molecule has 0 spiro atoms. The highest BCUT2D eigenvalue weighted by Crippen LogP contribution is 2.23. The first kappa shape index (κ1) is 16.5. The van der Waals surface area contributed by atoms with Gasteiger partial charge in [-0.2, -0.15) is 5.10 Å². The molecule has 0 bridgehead atoms. The minimum absolute atomic E-state index is 0.147. The number of nitrogens with zero attached hydrogens (tertiary/aromatic N) is 4. The van der Waals surface area contributed by atoms with Crippen molar-refractivity contribution in [3.05, 3.63) is 58.7 Å². The van der Waals surface area contributed by atoms with E-state index in [2.05, 4.69) is 20.7 Å². The van der Waals surface area contributed by atoms with E-state index in [9.17, 15) is 4.79 Å². The Balaban J connectivity index is 1.66. The molecule has 26 heavy (non-hydrogen) atoms. The van der Waals surface area contributed by atoms with Gasteiger partial charge < -0.3 is 15.2 Å². The molecule has 0 fully saturated rings. The van der Waals surface area contributed by atoms with Crippen LogP contribution in [0.15, 0.2) is 30.6 Å². The zero-order chi connectivity index (χ0) is 18.3. The summed E-state index contributed by atoms with van der Waals surface area (Å²) in [4.78, 5) is 17.3. The Kier molecular flexibility index (Phi) is 4.08. The van der Waals surface area contributed by atoms with Crippen molar-refractivity contribution >= 4 is 11.7 Å². The highest BCUT2D eigenvalue weighted by atomic mass is 16.1. The van der Waals surface area contributed by atoms with Gasteiger partial charge in [0.2, 0.25) is 0 Å². The molecule has 3 aromatic heterocycles. The zero-order valence-electron chi connectivity index (χ0n) is 15.2. The van der Waals surface area contributed by atoms with Crippen molar-refractivity contribution in [2.45, 2.75) is 26.8 Å². The molecule has 1 aliphatic rings. The molecule has 134 valence electrons. The lowest BCUT2D eigenvalue weighted by molar-refractivity contribution is 0.102. The zero-order valence-corrected chi connectivity index (χ0v) is 15.2. The number of carbonyl (C=O) groups excluding carboxylic acids is 1. The van der Waals surface area contributed by atoms with Gasteiger partial charge in [0.15, 0.2) is 5.82 Å². The van der Waals surface area contributed by atoms with Gasteiger partial charge in [0.25, 0.3) is 5.91 Å². The van der Waals surface area contributed by atoms with Crippen LogP contribution in [0.3, 0.4) is 0 Å². The Morgan fingerprint density at radius 3 is 2.92 bits per heavy atom. The molecule has 4 heterocycles. The SMILES string of the molecule is Cc1cc(C(=O)Nc2nccc3c2CNCC3)c(C)n1-c1ccn(C)n1. The van der Waals surface area contributed by atoms with Gasteiger partial charge in [-0.15, -0.1) is 0 Å². The number of hydrogen-bond donors (Lipinski definition) is 2. The van der Waals surface area contributed by atoms with E-state index in [1.54, 1.807) is 10.9 Å². The van der Waals surface area contributed by atoms with Crippen molar-refractivity contribution in [3.63, 3.8) is 0 Å². The second-order valence-electron chi connectivity index (χ2n) is 6.65. The van der Waals surface area contributed by atoms with Crippen LogP contribution in [0.25, 0.3) is 5.82 Å². The number of rotatable bonds is 3. The molecule has 4 rings (SSSR count). The van der Waals surface area contributed by atoms with E-state index in [0.717, 1.165) is 42.3 Å². The van der Waals surface area contributed by atoms with Gasteiger partial charge in [-0.1, -0.05) is 0 Å². The molecule has 7 heteroatoms. The maximum atomic E-state index is 12.9. The monoisotopic (exact) mass is 350 g/mol. The number of fused-ring (bicyclic) bond motifs is 1. The summed E-state index contributed by atoms with van der Waals surface area (Å²) >= 11 is 0. The molecule has 7 nitrogen and oxygen atoms in total. The highest BCUT2D eigenvalue weighted by molar-refractivity contribution is 6.05. The number of aryl methyl sites for hydroxylation is 2. The number of hydrogen-bond acceptors (Lipinski definition) is 4. The molecule has 2 N–H and O–H groups in total. The van der Waals surface area contributed by atoms with Gasteiger partial charge in [0.1, 0.15) is 5.82 Å². The summed E-state index contributed by atoms with van der Waals surface area (Å²) in [5, 5.41) is 10.8. The number of carbonyl (C=O) groups is 1. The molecule has 1 amide bonds. The van der Waals surface area contributed by atoms with Gasteiger partial charge in [0, 0.05) is 49.0 Å². The van der Waals surface area contributed by atoms with E-state index in [1.165, 1.54) is 5.56 Å². The molecule has 0 saturated heterocycles. The minimum atomic E-state index is -0.147. The molecule has 0 aromatic carbocycles. The maximum absolute atomic E-state index is 12.9. The highest BCUT2D eigenvalue weighted by Gasteiger charge is 2.20. The first-order valence-corrected chi connectivity index (χ1v) is 8.72. The number of aromatic nitrogens is 4. The largest absolute Gasteiger partial charge is 0.312 e. The summed E-state index contributed by atoms with van der Waals surface area (Å²) in [5.41, 5.74) is 4.78. The van der Waals surface area contributed by atoms with E-state index in [4.69, 9.17) is 0 Å². The minimum Gasteiger partial charge on any atom is -0.312 e. The Morgan fingerprint density at radius 1 is 1.31 bits per heavy atom. The summed E-state index contributed by atoms with van der Waals surface area (Å²) < 4.78 is 3.74. The van der Waals surface area contributed by atoms with Crippen LogP contribution in [0.4, 0.5) is 5.82 Å². The van der Waals surface area contributed by atoms with Crippen molar-refractivity contribution < 1.29 is 4.79 Å². The Labute approximate surface area is 152 Å². The third kappa shape index (κ3) is 2.80. The predicted molar refractivity (Wildman–Crippen MR) is 99.6 cm³/mol. The summed E-state index contributed by atoms with van der Waals surface area (Å²) in [7, 11) is 1.88. The van der Waals surface area contributed by atoms with Crippen LogP contribution in [-0.4, -0.2) is 31.8 Å². The van der Waals surface area contributed by atoms with Crippen molar-refractivity contribution in [2.75, 3.05) is 11.9 Å². The molecule has 0 aliphatic carbocycles. The van der Waals surface area contributed by atoms with E-state index in [0.29, 0.717) is 11.4 Å². The van der Waals surface area contributed by atoms with Gasteiger partial charge >= 0.3 is 0 Å². The number of amides is 1. The molecule has 0 atom stereocenters. The average molecular weight is 350 g/mol. The second kappa shape index (κ2) is 6.42. The van der Waals surface area contributed by atoms with Crippen molar-refractivity contribution in [1.82, 2.24) is 24.6 Å². The smallest absolute Gasteiger partial charge is 0.258 e. The van der Waals surface area contributed by atoms with Gasteiger partial charge in [-0.3, -0.25) is 9.48 Å². The van der Waals surface area contributed by atoms with Crippen LogP contribution in [0.5, 0.6) is 0 Å². The summed E-state index contributed by atoms with van der Waals surface area (Å²) in [6.45, 7) is 5.60. The molecule has 1 aliphatic heterocycles. The van der Waals surface area contributed by atoms with E-state index < -0.39 is 0 Å². The van der Waals surface area contributed by atoms with Crippen LogP contribution in [0.1, 0.15) is 32.9 Å². The quantitative estimate of drug-likeness (QED) is 0.759. The van der Waals surface area contributed by atoms with Gasteiger partial charge in [-0.25, -0.2) is 4.98 Å². The lowest BCUT2D eigenvalue weighted by Crippen LogP contribution is -2.26. The van der Waals surface area contributed by atoms with Crippen molar-refractivity contribution in [2.24, 2.45) is 7.05 Å². The summed E-state index contributed by atoms with van der Waals surface area (Å²) in [6, 6.07) is 5.86. The van der Waals surface area contributed by atoms with Gasteiger partial charge in [-0.05, 0) is 44.5 Å². The predicted octanol–water partition coefficient (Wildman–Crippen LogP) is 2.12. The van der Waals surface area contributed by atoms with Crippen molar-refractivity contribution in [3.8, 4) is 5.82 Å². The van der Waals surface area contributed by atoms with E-state index in [1.807, 2.05) is 49.9 Å². The van der Waals surface area contributed by atoms with Crippen LogP contribution in [0.2, 0.25) is 0 Å². The summed E-state index contributed by atoms with van der Waals surface area (Å²) in [5.74, 6) is 1.30. The topological polar surface area (TPSA) is 76.8 Å². The fourth-order valence-electron chi connectivity index (χ4n) is 3.55. The lowest BCUT2D eigenvalue weighted by atomic mass is 10.0. The Bertz CT molecular complexity index is 984. The Morgan fingerprint density at radius 2 is 2.15 bits per heavy atom. The second-order valence-corrected chi connectivity index (χ2v) is 6.65. The lowest BCUT2D eigenvalue weighted by Gasteiger charge is -2.19. The maximum Gasteiger partial charge on any atom is 0.258 e. The van der Waals surface area contributed by atoms with Crippen LogP contribution < -0.4 is 10.6 Å². The molecule has 3 aromatic rings. The van der Waals surface area contributed by atoms with Crippen LogP contribution in [-0.2, 0) is 20.0 Å². The average Bonchev–Trinajstić information content (AvgIpc) is 3.18. The van der Waals surface area contributed by atoms with Crippen molar-refractivity contribution in [1.29, 1.82) is 0 Å². The van der Waals surface area contributed by atoms with E-state index in [-0.39, 0.29) is 5.91 Å². The fraction of sp³-hybridized carbons (Fsp3) is 0.316. The number of pyridine rings is 1. The third-order valence-electron chi connectivity index (χ3n) is 4.86. The third-order valence-corrected chi connectivity index (χ3v) is 4.86. The van der Waals surface area contributed by atoms with Crippen LogP contribution >= 0.6 is 0 Å². The number of anilines is 1. The van der Waals surface area contributed by atoms with E-state index >= 15 is 0 Å². The Hall–Kier alpha value is -2.93. The molecule has 0 unspecified atom stereocenters. The first-order chi connectivity index (χ1) is 12.5. The molecular weight excluding hydrogens is 328 g/mol. The molecule has 0 saturated carbocycles. The van der Waals surface area contributed by atoms with Crippen LogP contribution in [0, 0.1) is 13.8 Å². The normalized spacial score (nSPS) is 13.5. The number of nitrogens with one attached hydrogen (secondary N) is 2. The fourth-order valence-corrected chi connectivity index (χ4v) is 3.55. The summed E-state index contributed by atoms with van der Waals surface area (Å²) in [6.07, 6.45) is 4.60. The standard InChI is InChI=1S/C19H22N6O/c1-12-10-15(13(2)25(12)17-6-9-24(3)23-17)19(26)22-18-16-11-20-7-4-14(16)5-8-21-18/h5-6,8-10,20H,4,7,11H2,1-3H3,(H,21,22,26). The first-order valence-electron chi connectivity index (χ1n) is 8.72. The van der Waals surface area contributed by atoms with Gasteiger partial charge in [0.05, 0.1) is 5.56 Å².